The lowest BCUT2D eigenvalue weighted by atomic mass is 10.0. The van der Waals surface area contributed by atoms with Crippen LogP contribution in [0.4, 0.5) is 20.4 Å². The van der Waals surface area contributed by atoms with E-state index in [4.69, 9.17) is 5.73 Å². The summed E-state index contributed by atoms with van der Waals surface area (Å²) in [6.07, 6.45) is 1.55. The van der Waals surface area contributed by atoms with Gasteiger partial charge in [0.25, 0.3) is 5.56 Å². The molecule has 0 aliphatic heterocycles. The molecule has 0 bridgehead atoms. The quantitative estimate of drug-likeness (QED) is 0.392. The fraction of sp³-hybridized carbons (Fsp3) is 0.174. The van der Waals surface area contributed by atoms with Crippen molar-refractivity contribution in [3.05, 3.63) is 82.3 Å². The number of benzene rings is 2. The van der Waals surface area contributed by atoms with Crippen LogP contribution < -0.4 is 16.0 Å². The van der Waals surface area contributed by atoms with Gasteiger partial charge in [-0.1, -0.05) is 18.2 Å². The van der Waals surface area contributed by atoms with E-state index in [1.807, 2.05) is 13.8 Å². The van der Waals surface area contributed by atoms with Crippen molar-refractivity contribution >= 4 is 34.6 Å². The van der Waals surface area contributed by atoms with Gasteiger partial charge in [0.05, 0.1) is 5.69 Å². The predicted molar refractivity (Wildman–Crippen MR) is 125 cm³/mol. The molecule has 2 heterocycles. The molecule has 0 radical (unpaired) electrons. The first-order chi connectivity index (χ1) is 15.3. The highest BCUT2D eigenvalue weighted by molar-refractivity contribution is 7.99. The maximum absolute atomic E-state index is 14.8. The average molecular weight is 454 g/mol. The third-order valence-electron chi connectivity index (χ3n) is 4.92. The molecule has 0 aliphatic carbocycles. The summed E-state index contributed by atoms with van der Waals surface area (Å²) in [5.74, 6) is -0.167. The Bertz CT molecular complexity index is 1340. The largest absolute Gasteiger partial charge is 0.368 e. The number of aromatic nitrogens is 3. The first kappa shape index (κ1) is 21.8. The van der Waals surface area contributed by atoms with Gasteiger partial charge in [-0.25, -0.2) is 13.8 Å². The van der Waals surface area contributed by atoms with E-state index < -0.39 is 5.82 Å². The van der Waals surface area contributed by atoms with Crippen LogP contribution in [0.25, 0.3) is 22.2 Å². The van der Waals surface area contributed by atoms with Crippen LogP contribution in [0.1, 0.15) is 25.5 Å². The van der Waals surface area contributed by atoms with Crippen molar-refractivity contribution in [3.8, 4) is 11.1 Å². The molecular weight excluding hydrogens is 432 g/mol. The highest BCUT2D eigenvalue weighted by Crippen LogP contribution is 2.27. The molecule has 4 rings (SSSR count). The minimum atomic E-state index is -0.488. The van der Waals surface area contributed by atoms with Crippen LogP contribution in [0.5, 0.6) is 0 Å². The number of rotatable bonds is 6. The Morgan fingerprint density at radius 1 is 1.12 bits per heavy atom. The van der Waals surface area contributed by atoms with Crippen molar-refractivity contribution in [1.29, 1.82) is 0 Å². The number of halogens is 2. The van der Waals surface area contributed by atoms with E-state index in [2.05, 4.69) is 14.7 Å². The molecule has 0 amide bonds. The van der Waals surface area contributed by atoms with E-state index in [-0.39, 0.29) is 23.4 Å². The number of nitrogen functional groups attached to an aromatic ring is 1. The van der Waals surface area contributed by atoms with Gasteiger partial charge >= 0.3 is 0 Å². The van der Waals surface area contributed by atoms with Crippen molar-refractivity contribution in [1.82, 2.24) is 14.5 Å². The van der Waals surface area contributed by atoms with Crippen LogP contribution in [0.3, 0.4) is 0 Å². The zero-order chi connectivity index (χ0) is 22.8. The number of nitrogens with two attached hydrogens (primary N) is 1. The fourth-order valence-electron chi connectivity index (χ4n) is 3.36. The topological polar surface area (TPSA) is 85.8 Å². The van der Waals surface area contributed by atoms with Gasteiger partial charge in [-0.2, -0.15) is 4.98 Å². The van der Waals surface area contributed by atoms with Crippen molar-refractivity contribution in [2.24, 2.45) is 0 Å². The molecule has 0 saturated carbocycles. The van der Waals surface area contributed by atoms with Gasteiger partial charge in [-0.05, 0) is 67.3 Å². The van der Waals surface area contributed by atoms with Crippen LogP contribution in [0.2, 0.25) is 0 Å². The smallest absolute Gasteiger partial charge is 0.260 e. The van der Waals surface area contributed by atoms with Gasteiger partial charge in [-0.15, -0.1) is 0 Å². The zero-order valence-corrected chi connectivity index (χ0v) is 18.3. The van der Waals surface area contributed by atoms with Crippen molar-refractivity contribution < 1.29 is 8.78 Å². The zero-order valence-electron chi connectivity index (χ0n) is 17.5. The first-order valence-electron chi connectivity index (χ1n) is 9.93. The van der Waals surface area contributed by atoms with E-state index in [0.717, 1.165) is 5.56 Å². The normalized spacial score (nSPS) is 11.3. The summed E-state index contributed by atoms with van der Waals surface area (Å²) >= 11 is 1.29. The van der Waals surface area contributed by atoms with Crippen LogP contribution in [-0.2, 0) is 5.75 Å². The van der Waals surface area contributed by atoms with Crippen LogP contribution >= 0.6 is 11.9 Å². The Kier molecular flexibility index (Phi) is 6.09. The van der Waals surface area contributed by atoms with E-state index in [9.17, 15) is 13.6 Å². The van der Waals surface area contributed by atoms with Crippen LogP contribution in [-0.4, -0.2) is 14.5 Å². The summed E-state index contributed by atoms with van der Waals surface area (Å²) in [4.78, 5) is 21.4. The van der Waals surface area contributed by atoms with Crippen LogP contribution in [0, 0.1) is 11.6 Å². The van der Waals surface area contributed by atoms with Gasteiger partial charge in [0, 0.05) is 28.9 Å². The predicted octanol–water partition coefficient (Wildman–Crippen LogP) is 5.16. The van der Waals surface area contributed by atoms with Crippen molar-refractivity contribution in [2.45, 2.75) is 25.6 Å². The molecule has 3 N–H and O–H groups in total. The third kappa shape index (κ3) is 4.43. The summed E-state index contributed by atoms with van der Waals surface area (Å²) in [5, 5.41) is 0.639. The van der Waals surface area contributed by atoms with Gasteiger partial charge in [-0.3, -0.25) is 9.36 Å². The molecule has 0 atom stereocenters. The molecule has 164 valence electrons. The number of hydrogen-bond acceptors (Lipinski definition) is 6. The Morgan fingerprint density at radius 2 is 1.88 bits per heavy atom. The Labute approximate surface area is 187 Å². The third-order valence-corrected chi connectivity index (χ3v) is 5.76. The van der Waals surface area contributed by atoms with E-state index >= 15 is 0 Å². The molecule has 0 unspecified atom stereocenters. The first-order valence-corrected chi connectivity index (χ1v) is 10.9. The Morgan fingerprint density at radius 3 is 2.56 bits per heavy atom. The van der Waals surface area contributed by atoms with E-state index in [1.165, 1.54) is 34.7 Å². The average Bonchev–Trinajstić information content (AvgIpc) is 2.75. The molecule has 0 fully saturated rings. The SMILES string of the molecule is CC(C)n1c(=O)c(-c2ccc(NSCc3ccc(F)cc3)c(F)c2)cc2cnc(N)nc21. The van der Waals surface area contributed by atoms with E-state index in [1.54, 1.807) is 36.5 Å². The summed E-state index contributed by atoms with van der Waals surface area (Å²) in [6.45, 7) is 3.74. The standard InChI is InChI=1S/C23H21F2N5OS/c1-13(2)30-21-16(11-27-23(26)28-21)9-18(22(30)31)15-5-8-20(19(25)10-15)29-32-12-14-3-6-17(24)7-4-14/h3-11,13,29H,12H2,1-2H3,(H2,26,27,28). The number of pyridine rings is 1. The lowest BCUT2D eigenvalue weighted by molar-refractivity contribution is 0.596. The number of hydrogen-bond donors (Lipinski definition) is 2. The minimum absolute atomic E-state index is 0.0821. The molecular formula is C23H21F2N5OS. The minimum Gasteiger partial charge on any atom is -0.368 e. The summed E-state index contributed by atoms with van der Waals surface area (Å²) in [5.41, 5.74) is 7.87. The second-order valence-electron chi connectivity index (χ2n) is 7.55. The number of anilines is 2. The molecule has 6 nitrogen and oxygen atoms in total. The van der Waals surface area contributed by atoms with Gasteiger partial charge in [0.15, 0.2) is 0 Å². The number of fused-ring (bicyclic) bond motifs is 1. The maximum atomic E-state index is 14.8. The maximum Gasteiger partial charge on any atom is 0.260 e. The van der Waals surface area contributed by atoms with Gasteiger partial charge in [0.2, 0.25) is 5.95 Å². The highest BCUT2D eigenvalue weighted by Gasteiger charge is 2.16. The number of nitrogens with zero attached hydrogens (tertiary/aromatic N) is 3. The van der Waals surface area contributed by atoms with Gasteiger partial charge < -0.3 is 10.5 Å². The van der Waals surface area contributed by atoms with Crippen molar-refractivity contribution in [2.75, 3.05) is 10.5 Å². The van der Waals surface area contributed by atoms with Gasteiger partial charge in [0.1, 0.15) is 17.3 Å². The summed E-state index contributed by atoms with van der Waals surface area (Å²) in [6, 6.07) is 12.2. The molecule has 2 aromatic heterocycles. The Hall–Kier alpha value is -3.46. The monoisotopic (exact) mass is 453 g/mol. The summed E-state index contributed by atoms with van der Waals surface area (Å²) < 4.78 is 32.3. The lowest BCUT2D eigenvalue weighted by Gasteiger charge is -2.16. The lowest BCUT2D eigenvalue weighted by Crippen LogP contribution is -2.25. The molecule has 0 spiro atoms. The molecule has 0 aliphatic rings. The summed E-state index contributed by atoms with van der Waals surface area (Å²) in [7, 11) is 0. The molecule has 2 aromatic carbocycles. The molecule has 4 aromatic rings. The Balaban J connectivity index is 1.62. The van der Waals surface area contributed by atoms with E-state index in [0.29, 0.717) is 33.6 Å². The molecule has 32 heavy (non-hydrogen) atoms. The fourth-order valence-corrected chi connectivity index (χ4v) is 4.11. The highest BCUT2D eigenvalue weighted by atomic mass is 32.2. The molecule has 0 saturated heterocycles. The molecule has 9 heteroatoms. The second-order valence-corrected chi connectivity index (χ2v) is 8.33. The van der Waals surface area contributed by atoms with Crippen LogP contribution in [0.15, 0.2) is 59.5 Å². The van der Waals surface area contributed by atoms with Crippen molar-refractivity contribution in [3.63, 3.8) is 0 Å². The number of nitrogens with one attached hydrogen (secondary N) is 1. The second kappa shape index (κ2) is 8.96.